The van der Waals surface area contributed by atoms with Crippen molar-refractivity contribution >= 4 is 24.0 Å². The minimum absolute atomic E-state index is 0. The summed E-state index contributed by atoms with van der Waals surface area (Å²) < 4.78 is 0. The smallest absolute Gasteiger partial charge is 0.0374 e. The first-order valence-corrected chi connectivity index (χ1v) is 3.14. The minimum Gasteiger partial charge on any atom is -0.313 e. The molecule has 0 heterocycles. The monoisotopic (exact) mass is 157 g/mol. The van der Waals surface area contributed by atoms with Crippen LogP contribution in [0.25, 0.3) is 0 Å². The Balaban J connectivity index is 0. The van der Waals surface area contributed by atoms with Gasteiger partial charge in [-0.15, -0.1) is 24.0 Å². The molecule has 1 nitrogen and oxygen atoms in total. The Labute approximate surface area is 62.2 Å². The van der Waals surface area contributed by atoms with E-state index in [4.69, 9.17) is 11.6 Å². The molecule has 0 saturated heterocycles. The van der Waals surface area contributed by atoms with Crippen LogP contribution < -0.4 is 5.32 Å². The Morgan fingerprint density at radius 1 is 1.62 bits per heavy atom. The maximum absolute atomic E-state index is 5.47. The van der Waals surface area contributed by atoms with Crippen molar-refractivity contribution < 1.29 is 0 Å². The van der Waals surface area contributed by atoms with Gasteiger partial charge in [0.15, 0.2) is 0 Å². The molecule has 0 fully saturated rings. The van der Waals surface area contributed by atoms with Gasteiger partial charge in [-0.3, -0.25) is 0 Å². The van der Waals surface area contributed by atoms with Crippen molar-refractivity contribution in [1.82, 2.24) is 5.32 Å². The van der Waals surface area contributed by atoms with Gasteiger partial charge >= 0.3 is 0 Å². The van der Waals surface area contributed by atoms with Crippen molar-refractivity contribution in [1.29, 1.82) is 0 Å². The maximum atomic E-state index is 5.47. The summed E-state index contributed by atoms with van der Waals surface area (Å²) in [4.78, 5) is 0. The van der Waals surface area contributed by atoms with E-state index < -0.39 is 0 Å². The van der Waals surface area contributed by atoms with Crippen molar-refractivity contribution in [3.05, 3.63) is 0 Å². The highest BCUT2D eigenvalue weighted by Crippen LogP contribution is 1.82. The highest BCUT2D eigenvalue weighted by molar-refractivity contribution is 6.18. The lowest BCUT2D eigenvalue weighted by molar-refractivity contribution is 0.617. The Morgan fingerprint density at radius 2 is 2.12 bits per heavy atom. The molecular formula is C5H13Cl2N. The molecule has 0 aromatic rings. The Kier molecular flexibility index (Phi) is 10.7. The molecule has 0 saturated carbocycles. The normalized spacial score (nSPS) is 12.4. The minimum atomic E-state index is 0. The van der Waals surface area contributed by atoms with E-state index in [1.165, 1.54) is 0 Å². The number of hydrogen-bond acceptors (Lipinski definition) is 1. The molecule has 0 aromatic carbocycles. The van der Waals surface area contributed by atoms with Crippen LogP contribution in [0.15, 0.2) is 0 Å². The summed E-state index contributed by atoms with van der Waals surface area (Å²) in [6.07, 6.45) is 0. The zero-order chi connectivity index (χ0) is 5.70. The van der Waals surface area contributed by atoms with Crippen molar-refractivity contribution in [2.75, 3.05) is 12.4 Å². The summed E-state index contributed by atoms with van der Waals surface area (Å²) in [7, 11) is 0. The molecule has 0 aliphatic rings. The second-order valence-electron chi connectivity index (χ2n) is 1.61. The van der Waals surface area contributed by atoms with E-state index in [2.05, 4.69) is 19.2 Å². The molecule has 0 amide bonds. The van der Waals surface area contributed by atoms with E-state index in [0.717, 1.165) is 6.54 Å². The van der Waals surface area contributed by atoms with Crippen LogP contribution in [0.4, 0.5) is 0 Å². The third kappa shape index (κ3) is 6.54. The molecule has 52 valence electrons. The second-order valence-corrected chi connectivity index (χ2v) is 1.92. The van der Waals surface area contributed by atoms with Crippen LogP contribution in [0.5, 0.6) is 0 Å². The number of halogens is 2. The van der Waals surface area contributed by atoms with Gasteiger partial charge < -0.3 is 5.32 Å². The van der Waals surface area contributed by atoms with Gasteiger partial charge in [0.1, 0.15) is 0 Å². The molecule has 8 heavy (non-hydrogen) atoms. The van der Waals surface area contributed by atoms with Crippen LogP contribution in [0.3, 0.4) is 0 Å². The van der Waals surface area contributed by atoms with Gasteiger partial charge in [0.2, 0.25) is 0 Å². The van der Waals surface area contributed by atoms with Crippen molar-refractivity contribution in [2.45, 2.75) is 19.9 Å². The Morgan fingerprint density at radius 3 is 2.25 bits per heavy atom. The molecule has 0 aromatic heterocycles. The molecule has 1 unspecified atom stereocenters. The van der Waals surface area contributed by atoms with Crippen LogP contribution in [-0.2, 0) is 0 Å². The van der Waals surface area contributed by atoms with Gasteiger partial charge in [-0.25, -0.2) is 0 Å². The SMILES string of the molecule is CCNC(C)CCl.Cl. The highest BCUT2D eigenvalue weighted by atomic mass is 35.5. The topological polar surface area (TPSA) is 12.0 Å². The molecule has 0 aliphatic heterocycles. The molecule has 0 rings (SSSR count). The van der Waals surface area contributed by atoms with E-state index in [9.17, 15) is 0 Å². The van der Waals surface area contributed by atoms with Gasteiger partial charge in [0.05, 0.1) is 0 Å². The maximum Gasteiger partial charge on any atom is 0.0374 e. The molecule has 0 bridgehead atoms. The molecule has 3 heteroatoms. The average Bonchev–Trinajstić information content (AvgIpc) is 1.68. The third-order valence-electron chi connectivity index (χ3n) is 0.784. The summed E-state index contributed by atoms with van der Waals surface area (Å²) in [5.41, 5.74) is 0. The summed E-state index contributed by atoms with van der Waals surface area (Å²) in [6.45, 7) is 5.15. The van der Waals surface area contributed by atoms with Crippen LogP contribution in [0, 0.1) is 0 Å². The van der Waals surface area contributed by atoms with E-state index in [0.29, 0.717) is 11.9 Å². The van der Waals surface area contributed by atoms with Crippen LogP contribution in [0.1, 0.15) is 13.8 Å². The lowest BCUT2D eigenvalue weighted by atomic mass is 10.4. The van der Waals surface area contributed by atoms with Gasteiger partial charge in [-0.2, -0.15) is 0 Å². The van der Waals surface area contributed by atoms with Crippen LogP contribution in [0.2, 0.25) is 0 Å². The molecule has 0 spiro atoms. The first kappa shape index (κ1) is 11.4. The van der Waals surface area contributed by atoms with Gasteiger partial charge in [-0.1, -0.05) is 6.92 Å². The van der Waals surface area contributed by atoms with E-state index in [-0.39, 0.29) is 12.4 Å². The highest BCUT2D eigenvalue weighted by Gasteiger charge is 1.91. The van der Waals surface area contributed by atoms with E-state index in [1.54, 1.807) is 0 Å². The van der Waals surface area contributed by atoms with Crippen LogP contribution in [-0.4, -0.2) is 18.5 Å². The Hall–Kier alpha value is 0.540. The summed E-state index contributed by atoms with van der Waals surface area (Å²) in [5, 5.41) is 3.16. The summed E-state index contributed by atoms with van der Waals surface area (Å²) in [6, 6.07) is 0.465. The third-order valence-corrected chi connectivity index (χ3v) is 1.25. The predicted octanol–water partition coefficient (Wildman–Crippen LogP) is 1.65. The first-order valence-electron chi connectivity index (χ1n) is 2.60. The lowest BCUT2D eigenvalue weighted by Gasteiger charge is -2.05. The Bertz CT molecular complexity index is 41.4. The van der Waals surface area contributed by atoms with Crippen molar-refractivity contribution in [2.24, 2.45) is 0 Å². The summed E-state index contributed by atoms with van der Waals surface area (Å²) in [5.74, 6) is 0.702. The fourth-order valence-corrected chi connectivity index (χ4v) is 0.512. The van der Waals surface area contributed by atoms with Gasteiger partial charge in [0.25, 0.3) is 0 Å². The van der Waals surface area contributed by atoms with E-state index >= 15 is 0 Å². The lowest BCUT2D eigenvalue weighted by Crippen LogP contribution is -2.26. The number of hydrogen-bond donors (Lipinski definition) is 1. The zero-order valence-electron chi connectivity index (χ0n) is 5.28. The largest absolute Gasteiger partial charge is 0.313 e. The molecule has 0 radical (unpaired) electrons. The quantitative estimate of drug-likeness (QED) is 0.615. The van der Waals surface area contributed by atoms with Gasteiger partial charge in [0, 0.05) is 11.9 Å². The molecule has 0 aliphatic carbocycles. The molecular weight excluding hydrogens is 145 g/mol. The first-order chi connectivity index (χ1) is 3.31. The second kappa shape index (κ2) is 7.54. The van der Waals surface area contributed by atoms with Crippen LogP contribution >= 0.6 is 24.0 Å². The molecule has 1 N–H and O–H groups in total. The van der Waals surface area contributed by atoms with Gasteiger partial charge in [-0.05, 0) is 13.5 Å². The zero-order valence-corrected chi connectivity index (χ0v) is 6.85. The number of nitrogens with one attached hydrogen (secondary N) is 1. The number of rotatable bonds is 3. The number of alkyl halides is 1. The molecule has 1 atom stereocenters. The van der Waals surface area contributed by atoms with E-state index in [1.807, 2.05) is 0 Å². The fourth-order valence-electron chi connectivity index (χ4n) is 0.403. The average molecular weight is 158 g/mol. The summed E-state index contributed by atoms with van der Waals surface area (Å²) >= 11 is 5.47. The fraction of sp³-hybridized carbons (Fsp3) is 1.00. The standard InChI is InChI=1S/C5H12ClN.ClH/c1-3-7-5(2)4-6;/h5,7H,3-4H2,1-2H3;1H. The predicted molar refractivity (Wildman–Crippen MR) is 41.1 cm³/mol. The van der Waals surface area contributed by atoms with Crippen molar-refractivity contribution in [3.8, 4) is 0 Å². The van der Waals surface area contributed by atoms with Crippen molar-refractivity contribution in [3.63, 3.8) is 0 Å².